The van der Waals surface area contributed by atoms with Crippen LogP contribution in [0.1, 0.15) is 24.5 Å². The Hall–Kier alpha value is -1.33. The number of rotatable bonds is 2. The maximum absolute atomic E-state index is 5.95. The van der Waals surface area contributed by atoms with Crippen molar-refractivity contribution in [3.8, 4) is 11.1 Å². The summed E-state index contributed by atoms with van der Waals surface area (Å²) in [5.74, 6) is 0.761. The number of anilines is 1. The van der Waals surface area contributed by atoms with Crippen LogP contribution in [0.2, 0.25) is 0 Å². The van der Waals surface area contributed by atoms with E-state index in [1.165, 1.54) is 0 Å². The van der Waals surface area contributed by atoms with Crippen LogP contribution in [0.15, 0.2) is 33.3 Å². The molecule has 1 saturated heterocycles. The molecule has 0 aliphatic carbocycles. The fourth-order valence-corrected chi connectivity index (χ4v) is 2.74. The van der Waals surface area contributed by atoms with Crippen molar-refractivity contribution in [2.45, 2.75) is 18.8 Å². The number of nitrogens with zero attached hydrogens (tertiary/aromatic N) is 1. The average Bonchev–Trinajstić information content (AvgIpc) is 2.83. The fourth-order valence-electron chi connectivity index (χ4n) is 2.47. The van der Waals surface area contributed by atoms with E-state index in [4.69, 9.17) is 15.0 Å². The Morgan fingerprint density at radius 3 is 2.53 bits per heavy atom. The molecule has 0 saturated carbocycles. The summed E-state index contributed by atoms with van der Waals surface area (Å²) in [6, 6.07) is 8.04. The van der Waals surface area contributed by atoms with Crippen LogP contribution in [0.4, 0.5) is 5.88 Å². The Kier molecular flexibility index (Phi) is 3.57. The molecule has 1 aliphatic rings. The average molecular weight is 323 g/mol. The molecule has 0 bridgehead atoms. The zero-order valence-corrected chi connectivity index (χ0v) is 12.0. The lowest BCUT2D eigenvalue weighted by Gasteiger charge is -2.20. The second-order valence-corrected chi connectivity index (χ2v) is 5.62. The van der Waals surface area contributed by atoms with Crippen molar-refractivity contribution >= 4 is 21.8 Å². The summed E-state index contributed by atoms with van der Waals surface area (Å²) in [6.45, 7) is 1.55. The van der Waals surface area contributed by atoms with Crippen molar-refractivity contribution in [1.29, 1.82) is 0 Å². The van der Waals surface area contributed by atoms with Gasteiger partial charge in [-0.05, 0) is 30.5 Å². The lowest BCUT2D eigenvalue weighted by atomic mass is 9.91. The van der Waals surface area contributed by atoms with E-state index in [-0.39, 0.29) is 0 Å². The molecule has 0 spiro atoms. The second-order valence-electron chi connectivity index (χ2n) is 4.70. The Bertz CT molecular complexity index is 559. The molecule has 4 nitrogen and oxygen atoms in total. The van der Waals surface area contributed by atoms with E-state index in [1.54, 1.807) is 0 Å². The van der Waals surface area contributed by atoms with Crippen LogP contribution in [0.3, 0.4) is 0 Å². The smallest absolute Gasteiger partial charge is 0.230 e. The third kappa shape index (κ3) is 2.53. The zero-order chi connectivity index (χ0) is 13.2. The number of benzene rings is 1. The lowest BCUT2D eigenvalue weighted by Crippen LogP contribution is -2.15. The van der Waals surface area contributed by atoms with Crippen molar-refractivity contribution in [3.05, 3.63) is 34.4 Å². The van der Waals surface area contributed by atoms with Crippen LogP contribution >= 0.6 is 15.9 Å². The predicted octanol–water partition coefficient (Wildman–Crippen LogP) is 3.58. The van der Waals surface area contributed by atoms with Gasteiger partial charge in [0.05, 0.1) is 11.3 Å². The van der Waals surface area contributed by atoms with Gasteiger partial charge >= 0.3 is 0 Å². The summed E-state index contributed by atoms with van der Waals surface area (Å²) in [6.07, 6.45) is 1.94. The Labute approximate surface area is 120 Å². The van der Waals surface area contributed by atoms with Crippen LogP contribution < -0.4 is 5.73 Å². The minimum absolute atomic E-state index is 0.369. The third-order valence-electron chi connectivity index (χ3n) is 3.49. The molecule has 0 unspecified atom stereocenters. The van der Waals surface area contributed by atoms with Gasteiger partial charge in [0.1, 0.15) is 0 Å². The topological polar surface area (TPSA) is 61.3 Å². The van der Waals surface area contributed by atoms with Crippen LogP contribution in [0.5, 0.6) is 0 Å². The van der Waals surface area contributed by atoms with E-state index < -0.39 is 0 Å². The summed E-state index contributed by atoms with van der Waals surface area (Å²) in [7, 11) is 0. The van der Waals surface area contributed by atoms with E-state index >= 15 is 0 Å². The summed E-state index contributed by atoms with van der Waals surface area (Å²) in [5, 5.41) is 4.17. The first-order chi connectivity index (χ1) is 9.25. The first-order valence-corrected chi connectivity index (χ1v) is 7.13. The normalized spacial score (nSPS) is 16.7. The number of hydrogen-bond acceptors (Lipinski definition) is 4. The van der Waals surface area contributed by atoms with Crippen LogP contribution in [0, 0.1) is 0 Å². The molecule has 1 fully saturated rings. The molecule has 0 radical (unpaired) electrons. The fraction of sp³-hybridized carbons (Fsp3) is 0.357. The highest BCUT2D eigenvalue weighted by molar-refractivity contribution is 9.10. The zero-order valence-electron chi connectivity index (χ0n) is 10.4. The van der Waals surface area contributed by atoms with Crippen molar-refractivity contribution in [1.82, 2.24) is 5.16 Å². The van der Waals surface area contributed by atoms with Gasteiger partial charge in [0, 0.05) is 23.6 Å². The summed E-state index contributed by atoms with van der Waals surface area (Å²) < 4.78 is 11.6. The Balaban J connectivity index is 2.00. The molecule has 5 heteroatoms. The van der Waals surface area contributed by atoms with Gasteiger partial charge < -0.3 is 15.0 Å². The van der Waals surface area contributed by atoms with Gasteiger partial charge in [-0.25, -0.2) is 0 Å². The van der Waals surface area contributed by atoms with Crippen molar-refractivity contribution in [3.63, 3.8) is 0 Å². The highest BCUT2D eigenvalue weighted by atomic mass is 79.9. The molecule has 100 valence electrons. The molecule has 0 atom stereocenters. The lowest BCUT2D eigenvalue weighted by molar-refractivity contribution is 0.0839. The van der Waals surface area contributed by atoms with Gasteiger partial charge in [0.2, 0.25) is 5.88 Å². The molecule has 3 rings (SSSR count). The highest BCUT2D eigenvalue weighted by Crippen LogP contribution is 2.38. The summed E-state index contributed by atoms with van der Waals surface area (Å²) in [4.78, 5) is 0. The van der Waals surface area contributed by atoms with Crippen LogP contribution in [-0.4, -0.2) is 18.4 Å². The van der Waals surface area contributed by atoms with Crippen molar-refractivity contribution in [2.75, 3.05) is 18.9 Å². The SMILES string of the molecule is Nc1onc(C2CCOCC2)c1-c1ccc(Br)cc1. The van der Waals surface area contributed by atoms with E-state index in [9.17, 15) is 0 Å². The first-order valence-electron chi connectivity index (χ1n) is 6.34. The van der Waals surface area contributed by atoms with E-state index in [2.05, 4.69) is 21.1 Å². The molecule has 1 aromatic carbocycles. The van der Waals surface area contributed by atoms with Crippen LogP contribution in [0.25, 0.3) is 11.1 Å². The summed E-state index contributed by atoms with van der Waals surface area (Å²) in [5.41, 5.74) is 8.88. The third-order valence-corrected chi connectivity index (χ3v) is 4.01. The number of halogens is 1. The molecular formula is C14H15BrN2O2. The minimum atomic E-state index is 0.369. The van der Waals surface area contributed by atoms with Gasteiger partial charge in [-0.2, -0.15) is 0 Å². The molecule has 0 amide bonds. The number of nitrogen functional groups attached to an aromatic ring is 1. The standard InChI is InChI=1S/C14H15BrN2O2/c15-11-3-1-9(2-4-11)12-13(17-19-14(12)16)10-5-7-18-8-6-10/h1-4,10H,5-8,16H2. The molecule has 2 N–H and O–H groups in total. The first kappa shape index (κ1) is 12.7. The van der Waals surface area contributed by atoms with Gasteiger partial charge in [0.15, 0.2) is 0 Å². The molecule has 1 aromatic heterocycles. The molecule has 2 aromatic rings. The monoisotopic (exact) mass is 322 g/mol. The van der Waals surface area contributed by atoms with Crippen molar-refractivity contribution in [2.24, 2.45) is 0 Å². The number of hydrogen-bond donors (Lipinski definition) is 1. The van der Waals surface area contributed by atoms with Gasteiger partial charge in [0.25, 0.3) is 0 Å². The maximum atomic E-state index is 5.95. The number of aromatic nitrogens is 1. The van der Waals surface area contributed by atoms with E-state index in [0.717, 1.165) is 47.3 Å². The largest absolute Gasteiger partial charge is 0.381 e. The Morgan fingerprint density at radius 1 is 1.16 bits per heavy atom. The Morgan fingerprint density at radius 2 is 1.84 bits per heavy atom. The molecule has 19 heavy (non-hydrogen) atoms. The van der Waals surface area contributed by atoms with Crippen LogP contribution in [-0.2, 0) is 4.74 Å². The van der Waals surface area contributed by atoms with E-state index in [0.29, 0.717) is 11.8 Å². The summed E-state index contributed by atoms with van der Waals surface area (Å²) >= 11 is 3.44. The number of nitrogens with two attached hydrogens (primary N) is 1. The van der Waals surface area contributed by atoms with Crippen molar-refractivity contribution < 1.29 is 9.26 Å². The molecule has 2 heterocycles. The molecular weight excluding hydrogens is 308 g/mol. The quantitative estimate of drug-likeness (QED) is 0.917. The maximum Gasteiger partial charge on any atom is 0.230 e. The second kappa shape index (κ2) is 5.35. The van der Waals surface area contributed by atoms with Gasteiger partial charge in [-0.15, -0.1) is 0 Å². The minimum Gasteiger partial charge on any atom is -0.381 e. The molecule has 1 aliphatic heterocycles. The van der Waals surface area contributed by atoms with Gasteiger partial charge in [-0.1, -0.05) is 33.2 Å². The predicted molar refractivity (Wildman–Crippen MR) is 76.8 cm³/mol. The number of ether oxygens (including phenoxy) is 1. The van der Waals surface area contributed by atoms with Gasteiger partial charge in [-0.3, -0.25) is 0 Å². The highest BCUT2D eigenvalue weighted by Gasteiger charge is 2.25. The van der Waals surface area contributed by atoms with E-state index in [1.807, 2.05) is 24.3 Å².